The van der Waals surface area contributed by atoms with Crippen LogP contribution in [-0.2, 0) is 14.8 Å². The van der Waals surface area contributed by atoms with Crippen molar-refractivity contribution in [1.29, 1.82) is 0 Å². The number of nitrogens with one attached hydrogen (secondary N) is 3. The summed E-state index contributed by atoms with van der Waals surface area (Å²) in [6.45, 7) is 6.79. The number of sulfonamides is 1. The molecule has 8 heteroatoms. The van der Waals surface area contributed by atoms with Gasteiger partial charge in [0.25, 0.3) is 0 Å². The lowest BCUT2D eigenvalue weighted by Crippen LogP contribution is -2.32. The van der Waals surface area contributed by atoms with Crippen LogP contribution in [0.3, 0.4) is 0 Å². The summed E-state index contributed by atoms with van der Waals surface area (Å²) in [7, 11) is -3.58. The van der Waals surface area contributed by atoms with Crippen molar-refractivity contribution in [2.75, 3.05) is 10.6 Å². The van der Waals surface area contributed by atoms with Crippen LogP contribution in [0.1, 0.15) is 26.3 Å². The fourth-order valence-electron chi connectivity index (χ4n) is 2.34. The van der Waals surface area contributed by atoms with Crippen molar-refractivity contribution < 1.29 is 17.6 Å². The average Bonchev–Trinajstić information content (AvgIpc) is 2.57. The summed E-state index contributed by atoms with van der Waals surface area (Å²) in [5, 5.41) is 5.63. The number of carbonyl (C=O) groups excluding carboxylic acids is 1. The molecule has 146 valence electrons. The zero-order valence-corrected chi connectivity index (χ0v) is 16.5. The normalized spacial score (nSPS) is 12.7. The van der Waals surface area contributed by atoms with E-state index in [1.165, 1.54) is 30.3 Å². The SMILES string of the molecule is Cc1ccc(N[C@@H](C)C(=O)Nc2ccc(S(=O)(=O)NC(C)C)cc2)cc1F. The second-order valence-corrected chi connectivity index (χ2v) is 8.33. The predicted molar refractivity (Wildman–Crippen MR) is 105 cm³/mol. The highest BCUT2D eigenvalue weighted by molar-refractivity contribution is 7.89. The number of rotatable bonds is 7. The second-order valence-electron chi connectivity index (χ2n) is 6.62. The largest absolute Gasteiger partial charge is 0.374 e. The number of hydrogen-bond acceptors (Lipinski definition) is 4. The van der Waals surface area contributed by atoms with E-state index in [1.807, 2.05) is 0 Å². The quantitative estimate of drug-likeness (QED) is 0.674. The van der Waals surface area contributed by atoms with E-state index >= 15 is 0 Å². The monoisotopic (exact) mass is 393 g/mol. The molecular weight excluding hydrogens is 369 g/mol. The van der Waals surface area contributed by atoms with Crippen LogP contribution < -0.4 is 15.4 Å². The number of anilines is 2. The molecule has 0 aliphatic carbocycles. The van der Waals surface area contributed by atoms with Crippen molar-refractivity contribution >= 4 is 27.3 Å². The van der Waals surface area contributed by atoms with E-state index in [-0.39, 0.29) is 22.7 Å². The Hall–Kier alpha value is -2.45. The number of carbonyl (C=O) groups is 1. The molecule has 0 saturated carbocycles. The molecule has 6 nitrogen and oxygen atoms in total. The summed E-state index contributed by atoms with van der Waals surface area (Å²) >= 11 is 0. The van der Waals surface area contributed by atoms with Crippen LogP contribution in [0.5, 0.6) is 0 Å². The third-order valence-electron chi connectivity index (χ3n) is 3.77. The summed E-state index contributed by atoms with van der Waals surface area (Å²) in [6.07, 6.45) is 0. The van der Waals surface area contributed by atoms with Gasteiger partial charge in [0.05, 0.1) is 4.90 Å². The van der Waals surface area contributed by atoms with Crippen molar-refractivity contribution in [3.8, 4) is 0 Å². The van der Waals surface area contributed by atoms with Gasteiger partial charge in [-0.1, -0.05) is 6.07 Å². The Kier molecular flexibility index (Phi) is 6.56. The van der Waals surface area contributed by atoms with Gasteiger partial charge in [-0.25, -0.2) is 17.5 Å². The van der Waals surface area contributed by atoms with Gasteiger partial charge in [0, 0.05) is 17.4 Å². The van der Waals surface area contributed by atoms with Gasteiger partial charge in [-0.15, -0.1) is 0 Å². The lowest BCUT2D eigenvalue weighted by atomic mass is 10.2. The van der Waals surface area contributed by atoms with Crippen molar-refractivity contribution in [3.63, 3.8) is 0 Å². The van der Waals surface area contributed by atoms with E-state index in [9.17, 15) is 17.6 Å². The van der Waals surface area contributed by atoms with Gasteiger partial charge in [0.2, 0.25) is 15.9 Å². The molecule has 2 aromatic carbocycles. The van der Waals surface area contributed by atoms with E-state index in [0.717, 1.165) is 0 Å². The fraction of sp³-hybridized carbons (Fsp3) is 0.316. The molecule has 0 saturated heterocycles. The molecule has 3 N–H and O–H groups in total. The molecule has 0 spiro atoms. The third kappa shape index (κ3) is 5.77. The molecule has 0 radical (unpaired) electrons. The Morgan fingerprint density at radius 1 is 1.00 bits per heavy atom. The summed E-state index contributed by atoms with van der Waals surface area (Å²) in [6, 6.07) is 9.72. The van der Waals surface area contributed by atoms with Crippen LogP contribution in [-0.4, -0.2) is 26.4 Å². The zero-order valence-electron chi connectivity index (χ0n) is 15.7. The smallest absolute Gasteiger partial charge is 0.246 e. The molecule has 2 aromatic rings. The van der Waals surface area contributed by atoms with Crippen LogP contribution in [0.4, 0.5) is 15.8 Å². The highest BCUT2D eigenvalue weighted by Crippen LogP contribution is 2.17. The molecular formula is C19H24FN3O3S. The Labute approximate surface area is 159 Å². The third-order valence-corrected chi connectivity index (χ3v) is 5.45. The maximum absolute atomic E-state index is 13.6. The Morgan fingerprint density at radius 2 is 1.59 bits per heavy atom. The molecule has 1 atom stereocenters. The van der Waals surface area contributed by atoms with E-state index in [1.54, 1.807) is 39.8 Å². The van der Waals surface area contributed by atoms with Gasteiger partial charge in [-0.3, -0.25) is 4.79 Å². The van der Waals surface area contributed by atoms with Crippen molar-refractivity contribution in [2.45, 2.75) is 44.7 Å². The van der Waals surface area contributed by atoms with Gasteiger partial charge in [0.1, 0.15) is 11.9 Å². The minimum atomic E-state index is -3.58. The van der Waals surface area contributed by atoms with Gasteiger partial charge >= 0.3 is 0 Å². The molecule has 0 fully saturated rings. The minimum Gasteiger partial charge on any atom is -0.374 e. The van der Waals surface area contributed by atoms with Crippen LogP contribution in [0, 0.1) is 12.7 Å². The number of amides is 1. The molecule has 1 amide bonds. The Morgan fingerprint density at radius 3 is 2.15 bits per heavy atom. The maximum atomic E-state index is 13.6. The summed E-state index contributed by atoms with van der Waals surface area (Å²) in [5.41, 5.74) is 1.49. The van der Waals surface area contributed by atoms with Gasteiger partial charge < -0.3 is 10.6 Å². The first kappa shape index (κ1) is 20.9. The molecule has 0 aliphatic heterocycles. The summed E-state index contributed by atoms with van der Waals surface area (Å²) in [4.78, 5) is 12.4. The van der Waals surface area contributed by atoms with Gasteiger partial charge in [-0.2, -0.15) is 0 Å². The molecule has 0 heterocycles. The molecule has 27 heavy (non-hydrogen) atoms. The number of benzene rings is 2. The summed E-state index contributed by atoms with van der Waals surface area (Å²) in [5.74, 6) is -0.675. The summed E-state index contributed by atoms with van der Waals surface area (Å²) < 4.78 is 40.3. The molecule has 0 unspecified atom stereocenters. The molecule has 0 bridgehead atoms. The van der Waals surface area contributed by atoms with Crippen LogP contribution in [0.25, 0.3) is 0 Å². The molecule has 2 rings (SSSR count). The van der Waals surface area contributed by atoms with Crippen molar-refractivity contribution in [2.24, 2.45) is 0 Å². The average molecular weight is 393 g/mol. The van der Waals surface area contributed by atoms with Crippen molar-refractivity contribution in [3.05, 3.63) is 53.8 Å². The van der Waals surface area contributed by atoms with Crippen LogP contribution in [0.2, 0.25) is 0 Å². The van der Waals surface area contributed by atoms with Crippen molar-refractivity contribution in [1.82, 2.24) is 4.72 Å². The fourth-order valence-corrected chi connectivity index (χ4v) is 3.60. The van der Waals surface area contributed by atoms with E-state index in [2.05, 4.69) is 15.4 Å². The molecule has 0 aromatic heterocycles. The number of hydrogen-bond donors (Lipinski definition) is 3. The zero-order chi connectivity index (χ0) is 20.2. The first-order chi connectivity index (χ1) is 12.6. The maximum Gasteiger partial charge on any atom is 0.246 e. The minimum absolute atomic E-state index is 0.121. The lowest BCUT2D eigenvalue weighted by Gasteiger charge is -2.16. The van der Waals surface area contributed by atoms with E-state index in [4.69, 9.17) is 0 Å². The second kappa shape index (κ2) is 8.49. The van der Waals surface area contributed by atoms with E-state index < -0.39 is 16.1 Å². The lowest BCUT2D eigenvalue weighted by molar-refractivity contribution is -0.116. The van der Waals surface area contributed by atoms with Gasteiger partial charge in [-0.05, 0) is 69.7 Å². The topological polar surface area (TPSA) is 87.3 Å². The predicted octanol–water partition coefficient (Wildman–Crippen LogP) is 3.26. The highest BCUT2D eigenvalue weighted by atomic mass is 32.2. The van der Waals surface area contributed by atoms with Gasteiger partial charge in [0.15, 0.2) is 0 Å². The number of aryl methyl sites for hydroxylation is 1. The van der Waals surface area contributed by atoms with Crippen LogP contribution in [0.15, 0.2) is 47.4 Å². The Balaban J connectivity index is 2.01. The number of halogens is 1. The van der Waals surface area contributed by atoms with E-state index in [0.29, 0.717) is 16.9 Å². The first-order valence-electron chi connectivity index (χ1n) is 8.54. The standard InChI is InChI=1S/C19H24FN3O3S/c1-12(2)23-27(25,26)17-9-7-15(8-10-17)22-19(24)14(4)21-16-6-5-13(3)18(20)11-16/h5-12,14,21,23H,1-4H3,(H,22,24)/t14-/m0/s1. The van der Waals surface area contributed by atoms with Crippen LogP contribution >= 0.6 is 0 Å². The Bertz CT molecular complexity index is 912. The highest BCUT2D eigenvalue weighted by Gasteiger charge is 2.16. The first-order valence-corrected chi connectivity index (χ1v) is 10.0. The molecule has 0 aliphatic rings.